The Bertz CT molecular complexity index is 1380. The second-order valence-corrected chi connectivity index (χ2v) is 11.3. The summed E-state index contributed by atoms with van der Waals surface area (Å²) in [5.74, 6) is 0.263. The number of methoxy groups -OCH3 is 1. The summed E-state index contributed by atoms with van der Waals surface area (Å²) in [5, 5.41) is 0.411. The number of urea groups is 1. The molecule has 3 amide bonds. The average molecular weight is 608 g/mol. The van der Waals surface area contributed by atoms with Gasteiger partial charge in [-0.15, -0.1) is 0 Å². The van der Waals surface area contributed by atoms with E-state index in [-0.39, 0.29) is 16.4 Å². The quantitative estimate of drug-likeness (QED) is 0.162. The number of amides is 3. The van der Waals surface area contributed by atoms with Gasteiger partial charge in [0, 0.05) is 24.1 Å². The molecule has 1 heterocycles. The summed E-state index contributed by atoms with van der Waals surface area (Å²) in [5.41, 5.74) is 5.36. The van der Waals surface area contributed by atoms with Gasteiger partial charge in [0.1, 0.15) is 12.2 Å². The topological polar surface area (TPSA) is 88.2 Å². The number of nitrogens with zero attached hydrogens (tertiary/aromatic N) is 3. The van der Waals surface area contributed by atoms with E-state index < -0.39 is 6.03 Å². The lowest BCUT2D eigenvalue weighted by molar-refractivity contribution is -0.142. The molecular formula is C33H40ClN4O5+. The predicted molar refractivity (Wildman–Crippen MR) is 169 cm³/mol. The van der Waals surface area contributed by atoms with E-state index in [0.29, 0.717) is 41.9 Å². The van der Waals surface area contributed by atoms with Crippen LogP contribution in [0.3, 0.4) is 0 Å². The van der Waals surface area contributed by atoms with Crippen molar-refractivity contribution in [3.8, 4) is 0 Å². The van der Waals surface area contributed by atoms with Gasteiger partial charge in [-0.25, -0.2) is 19.6 Å². The number of hydroxylamine groups is 1. The van der Waals surface area contributed by atoms with E-state index in [1.807, 2.05) is 54.6 Å². The molecule has 1 N–H and O–H groups in total. The van der Waals surface area contributed by atoms with Crippen LogP contribution in [0.2, 0.25) is 5.02 Å². The van der Waals surface area contributed by atoms with E-state index in [9.17, 15) is 14.4 Å². The summed E-state index contributed by atoms with van der Waals surface area (Å²) in [6.45, 7) is 4.75. The van der Waals surface area contributed by atoms with Crippen LogP contribution in [0.1, 0.15) is 31.7 Å². The molecule has 0 radical (unpaired) electrons. The molecule has 1 aliphatic heterocycles. The maximum absolute atomic E-state index is 13.6. The number of piperidine rings is 1. The number of hydrogen-bond donors (Lipinski definition) is 1. The zero-order valence-corrected chi connectivity index (χ0v) is 25.8. The van der Waals surface area contributed by atoms with Crippen molar-refractivity contribution in [3.05, 3.63) is 89.4 Å². The first kappa shape index (κ1) is 32.2. The Balaban J connectivity index is 1.63. The number of quaternary nitrogens is 1. The second-order valence-electron chi connectivity index (χ2n) is 10.9. The summed E-state index contributed by atoms with van der Waals surface area (Å²) in [6, 6.07) is 24.1. The first-order valence-corrected chi connectivity index (χ1v) is 14.8. The van der Waals surface area contributed by atoms with Gasteiger partial charge < -0.3 is 4.74 Å². The van der Waals surface area contributed by atoms with Gasteiger partial charge >= 0.3 is 17.9 Å². The summed E-state index contributed by atoms with van der Waals surface area (Å²) in [4.78, 5) is 46.9. The van der Waals surface area contributed by atoms with Crippen LogP contribution in [0.25, 0.3) is 0 Å². The average Bonchev–Trinajstić information content (AvgIpc) is 3.02. The van der Waals surface area contributed by atoms with Crippen LogP contribution < -0.4 is 14.9 Å². The maximum atomic E-state index is 13.6. The van der Waals surface area contributed by atoms with Crippen LogP contribution in [0, 0.1) is 5.92 Å². The lowest BCUT2D eigenvalue weighted by Crippen LogP contribution is -2.53. The molecule has 0 aliphatic carbocycles. The van der Waals surface area contributed by atoms with Gasteiger partial charge in [-0.2, -0.15) is 0 Å². The first-order chi connectivity index (χ1) is 20.8. The van der Waals surface area contributed by atoms with Gasteiger partial charge in [-0.1, -0.05) is 54.1 Å². The van der Waals surface area contributed by atoms with Crippen molar-refractivity contribution in [2.45, 2.75) is 32.7 Å². The number of esters is 1. The number of carbonyl (C=O) groups excluding carboxylic acids is 3. The van der Waals surface area contributed by atoms with Gasteiger partial charge in [0.15, 0.2) is 0 Å². The molecule has 0 aromatic heterocycles. The smallest absolute Gasteiger partial charge is 0.350 e. The van der Waals surface area contributed by atoms with Crippen molar-refractivity contribution in [1.82, 2.24) is 14.9 Å². The minimum absolute atomic E-state index is 0.0415. The minimum Gasteiger partial charge on any atom is -0.468 e. The monoisotopic (exact) mass is 607 g/mol. The first-order valence-electron chi connectivity index (χ1n) is 14.5. The largest absolute Gasteiger partial charge is 0.468 e. The SMILES string of the molecule is CONC(=O)N(c1ccc([N+](CCC2CCN(CC(=O)OC)CC2)(Cc2ccccc2)C(C)=O)cc1)c1ccccc1Cl. The molecule has 4 rings (SSSR count). The third kappa shape index (κ3) is 8.00. The number of likely N-dealkylation sites (tertiary alicyclic amines) is 1. The minimum atomic E-state index is -0.501. The van der Waals surface area contributed by atoms with Crippen LogP contribution in [0.15, 0.2) is 78.9 Å². The summed E-state index contributed by atoms with van der Waals surface area (Å²) >= 11 is 6.47. The van der Waals surface area contributed by atoms with Crippen molar-refractivity contribution in [2.24, 2.45) is 5.92 Å². The molecular weight excluding hydrogens is 568 g/mol. The third-order valence-corrected chi connectivity index (χ3v) is 8.51. The maximum Gasteiger partial charge on any atom is 0.350 e. The Hall–Kier alpha value is -3.76. The van der Waals surface area contributed by atoms with Crippen molar-refractivity contribution in [1.29, 1.82) is 0 Å². The number of ether oxygens (including phenoxy) is 1. The fourth-order valence-electron chi connectivity index (χ4n) is 5.75. The number of rotatable bonds is 11. The third-order valence-electron chi connectivity index (χ3n) is 8.19. The molecule has 3 aromatic carbocycles. The number of nitrogens with one attached hydrogen (secondary N) is 1. The lowest BCUT2D eigenvalue weighted by Gasteiger charge is -2.37. The Morgan fingerprint density at radius 3 is 2.21 bits per heavy atom. The molecule has 1 atom stereocenters. The number of benzene rings is 3. The molecule has 1 fully saturated rings. The van der Waals surface area contributed by atoms with Crippen LogP contribution in [0.5, 0.6) is 0 Å². The van der Waals surface area contributed by atoms with Crippen molar-refractivity contribution in [2.75, 3.05) is 45.3 Å². The highest BCUT2D eigenvalue weighted by molar-refractivity contribution is 6.34. The van der Waals surface area contributed by atoms with Gasteiger partial charge in [-0.05, 0) is 56.1 Å². The molecule has 1 unspecified atom stereocenters. The molecule has 43 heavy (non-hydrogen) atoms. The zero-order chi connectivity index (χ0) is 30.8. The second kappa shape index (κ2) is 15.1. The molecule has 1 saturated heterocycles. The molecule has 10 heteroatoms. The standard InChI is InChI=1S/C33H39ClN4O5/c1-25(39)38(24-27-9-5-4-6-10-27,22-19-26-17-20-36(21-18-26)23-32(40)42-2)29-15-13-28(14-16-29)37(33(41)35-43-3)31-12-8-7-11-30(31)34/h4-16,26H,17-24H2,1-3H3/p+1. The molecule has 3 aromatic rings. The Morgan fingerprint density at radius 2 is 1.60 bits per heavy atom. The highest BCUT2D eigenvalue weighted by Crippen LogP contribution is 2.36. The fourth-order valence-corrected chi connectivity index (χ4v) is 5.97. The Labute approximate surface area is 258 Å². The lowest BCUT2D eigenvalue weighted by atomic mass is 9.92. The van der Waals surface area contributed by atoms with E-state index in [1.54, 1.807) is 31.2 Å². The van der Waals surface area contributed by atoms with E-state index in [1.165, 1.54) is 19.1 Å². The van der Waals surface area contributed by atoms with Crippen LogP contribution >= 0.6 is 11.6 Å². The number of hydrogen-bond acceptors (Lipinski definition) is 6. The molecule has 0 spiro atoms. The van der Waals surface area contributed by atoms with Crippen LogP contribution in [-0.2, 0) is 25.7 Å². The normalized spacial score (nSPS) is 15.3. The molecule has 9 nitrogen and oxygen atoms in total. The van der Waals surface area contributed by atoms with Gasteiger partial charge in [0.25, 0.3) is 0 Å². The van der Waals surface area contributed by atoms with Gasteiger partial charge in [-0.3, -0.25) is 19.4 Å². The number of carbonyl (C=O) groups is 3. The van der Waals surface area contributed by atoms with Crippen molar-refractivity contribution < 1.29 is 24.0 Å². The van der Waals surface area contributed by atoms with E-state index in [2.05, 4.69) is 10.4 Å². The van der Waals surface area contributed by atoms with E-state index >= 15 is 0 Å². The molecule has 0 bridgehead atoms. The van der Waals surface area contributed by atoms with Gasteiger partial charge in [0.05, 0.1) is 50.6 Å². The zero-order valence-electron chi connectivity index (χ0n) is 25.0. The summed E-state index contributed by atoms with van der Waals surface area (Å²) < 4.78 is 4.97. The van der Waals surface area contributed by atoms with Crippen molar-refractivity contribution >= 4 is 46.6 Å². The highest BCUT2D eigenvalue weighted by atomic mass is 35.5. The number of anilines is 2. The number of halogens is 1. The van der Waals surface area contributed by atoms with Crippen LogP contribution in [0.4, 0.5) is 21.9 Å². The molecule has 0 saturated carbocycles. The van der Waals surface area contributed by atoms with E-state index in [0.717, 1.165) is 43.6 Å². The predicted octanol–water partition coefficient (Wildman–Crippen LogP) is 6.08. The highest BCUT2D eigenvalue weighted by Gasteiger charge is 2.38. The molecule has 228 valence electrons. The Kier molecular flexibility index (Phi) is 11.3. The van der Waals surface area contributed by atoms with E-state index in [4.69, 9.17) is 21.2 Å². The van der Waals surface area contributed by atoms with Crippen molar-refractivity contribution in [3.63, 3.8) is 0 Å². The summed E-state index contributed by atoms with van der Waals surface area (Å²) in [6.07, 6.45) is 2.78. The Morgan fingerprint density at radius 1 is 0.953 bits per heavy atom. The summed E-state index contributed by atoms with van der Waals surface area (Å²) in [7, 11) is 2.79. The number of para-hydroxylation sites is 1. The van der Waals surface area contributed by atoms with Gasteiger partial charge in [0.2, 0.25) is 0 Å². The fraction of sp³-hybridized carbons (Fsp3) is 0.364. The molecule has 1 aliphatic rings. The van der Waals surface area contributed by atoms with Crippen LogP contribution in [-0.4, -0.2) is 63.2 Å².